The fraction of sp³-hybridized carbons (Fsp3) is 0.682. The lowest BCUT2D eigenvalue weighted by Crippen LogP contribution is -2.27. The minimum atomic E-state index is -0.333. The first-order chi connectivity index (χ1) is 12.6. The predicted octanol–water partition coefficient (Wildman–Crippen LogP) is 4.70. The molecule has 1 saturated carbocycles. The zero-order valence-electron chi connectivity index (χ0n) is 16.5. The van der Waals surface area contributed by atoms with Crippen molar-refractivity contribution < 1.29 is 14.6 Å². The Morgan fingerprint density at radius 3 is 2.65 bits per heavy atom. The standard InChI is InChI=1S/C22H33NO3/c1-15-11-19(24)12-16(2)20(15)13-18-9-10-21(26-14-25-3)22(23-18)17-7-5-4-6-8-17/h10-11,17-19,24H,4-9,12-14H2,1-3H3. The van der Waals surface area contributed by atoms with Gasteiger partial charge in [0.05, 0.1) is 17.9 Å². The van der Waals surface area contributed by atoms with E-state index >= 15 is 0 Å². The second-order valence-electron chi connectivity index (χ2n) is 7.94. The van der Waals surface area contributed by atoms with Crippen LogP contribution in [0.4, 0.5) is 0 Å². The van der Waals surface area contributed by atoms with Crippen LogP contribution in [-0.2, 0) is 9.47 Å². The van der Waals surface area contributed by atoms with Gasteiger partial charge in [-0.05, 0) is 63.2 Å². The van der Waals surface area contributed by atoms with Gasteiger partial charge in [0, 0.05) is 13.0 Å². The molecule has 2 unspecified atom stereocenters. The van der Waals surface area contributed by atoms with Crippen molar-refractivity contribution >= 4 is 5.71 Å². The van der Waals surface area contributed by atoms with Crippen LogP contribution >= 0.6 is 0 Å². The molecule has 4 heteroatoms. The van der Waals surface area contributed by atoms with E-state index in [1.54, 1.807) is 7.11 Å². The molecular formula is C22H33NO3. The van der Waals surface area contributed by atoms with E-state index in [0.29, 0.717) is 5.92 Å². The summed E-state index contributed by atoms with van der Waals surface area (Å²) in [6, 6.07) is 0.269. The second kappa shape index (κ2) is 9.01. The molecule has 1 N–H and O–H groups in total. The maximum atomic E-state index is 9.93. The van der Waals surface area contributed by atoms with Gasteiger partial charge in [0.1, 0.15) is 5.76 Å². The first-order valence-corrected chi connectivity index (χ1v) is 10.0. The number of methoxy groups -OCH3 is 1. The van der Waals surface area contributed by atoms with E-state index in [4.69, 9.17) is 14.5 Å². The lowest BCUT2D eigenvalue weighted by atomic mass is 9.82. The number of aliphatic hydroxyl groups excluding tert-OH is 1. The van der Waals surface area contributed by atoms with Gasteiger partial charge in [-0.3, -0.25) is 4.99 Å². The van der Waals surface area contributed by atoms with Gasteiger partial charge >= 0.3 is 0 Å². The van der Waals surface area contributed by atoms with Crippen molar-refractivity contribution in [3.8, 4) is 0 Å². The van der Waals surface area contributed by atoms with Crippen LogP contribution in [0.25, 0.3) is 0 Å². The lowest BCUT2D eigenvalue weighted by molar-refractivity contribution is 0.0111. The molecule has 0 aromatic heterocycles. The van der Waals surface area contributed by atoms with Crippen LogP contribution in [0, 0.1) is 5.92 Å². The molecule has 3 rings (SSSR count). The van der Waals surface area contributed by atoms with Gasteiger partial charge in [-0.2, -0.15) is 0 Å². The molecule has 1 heterocycles. The van der Waals surface area contributed by atoms with Gasteiger partial charge in [-0.15, -0.1) is 0 Å². The van der Waals surface area contributed by atoms with Crippen LogP contribution < -0.4 is 0 Å². The van der Waals surface area contributed by atoms with Crippen LogP contribution in [0.2, 0.25) is 0 Å². The smallest absolute Gasteiger partial charge is 0.188 e. The predicted molar refractivity (Wildman–Crippen MR) is 105 cm³/mol. The highest BCUT2D eigenvalue weighted by Gasteiger charge is 2.28. The van der Waals surface area contributed by atoms with Gasteiger partial charge in [-0.25, -0.2) is 0 Å². The Kier molecular flexibility index (Phi) is 6.71. The van der Waals surface area contributed by atoms with Gasteiger partial charge in [0.25, 0.3) is 0 Å². The van der Waals surface area contributed by atoms with E-state index in [9.17, 15) is 5.11 Å². The van der Waals surface area contributed by atoms with Crippen molar-refractivity contribution in [1.82, 2.24) is 0 Å². The number of rotatable bonds is 6. The molecule has 144 valence electrons. The molecule has 0 radical (unpaired) electrons. The Morgan fingerprint density at radius 2 is 1.96 bits per heavy atom. The summed E-state index contributed by atoms with van der Waals surface area (Å²) in [6.45, 7) is 4.54. The largest absolute Gasteiger partial charge is 0.466 e. The summed E-state index contributed by atoms with van der Waals surface area (Å²) in [4.78, 5) is 5.17. The first kappa shape index (κ1) is 19.4. The van der Waals surface area contributed by atoms with Crippen molar-refractivity contribution in [2.75, 3.05) is 13.9 Å². The van der Waals surface area contributed by atoms with Crippen molar-refractivity contribution in [2.24, 2.45) is 10.9 Å². The molecule has 3 aliphatic rings. The highest BCUT2D eigenvalue weighted by atomic mass is 16.7. The second-order valence-corrected chi connectivity index (χ2v) is 7.94. The number of allylic oxidation sites excluding steroid dienone is 2. The number of nitrogens with zero attached hydrogens (tertiary/aromatic N) is 1. The minimum Gasteiger partial charge on any atom is -0.466 e. The van der Waals surface area contributed by atoms with E-state index in [2.05, 4.69) is 19.9 Å². The third kappa shape index (κ3) is 4.66. The normalized spacial score (nSPS) is 27.8. The molecule has 0 bridgehead atoms. The van der Waals surface area contributed by atoms with Gasteiger partial charge < -0.3 is 14.6 Å². The monoisotopic (exact) mass is 359 g/mol. The molecule has 0 amide bonds. The Bertz CT molecular complexity index is 623. The van der Waals surface area contributed by atoms with E-state index in [1.807, 2.05) is 6.08 Å². The third-order valence-electron chi connectivity index (χ3n) is 5.86. The highest BCUT2D eigenvalue weighted by molar-refractivity contribution is 6.01. The summed E-state index contributed by atoms with van der Waals surface area (Å²) in [6.07, 6.45) is 12.8. The average Bonchev–Trinajstić information content (AvgIpc) is 2.64. The number of aliphatic imine (C=N–C) groups is 1. The van der Waals surface area contributed by atoms with Crippen LogP contribution in [0.1, 0.15) is 65.2 Å². The molecule has 0 saturated heterocycles. The number of dihydropyridines is 1. The fourth-order valence-electron chi connectivity index (χ4n) is 4.52. The number of ether oxygens (including phenoxy) is 2. The molecule has 2 atom stereocenters. The lowest BCUT2D eigenvalue weighted by Gasteiger charge is -2.30. The van der Waals surface area contributed by atoms with Crippen LogP contribution in [0.5, 0.6) is 0 Å². The van der Waals surface area contributed by atoms with E-state index in [-0.39, 0.29) is 18.9 Å². The van der Waals surface area contributed by atoms with Crippen molar-refractivity contribution in [2.45, 2.75) is 77.4 Å². The fourth-order valence-corrected chi connectivity index (χ4v) is 4.52. The minimum absolute atomic E-state index is 0.269. The third-order valence-corrected chi connectivity index (χ3v) is 5.86. The summed E-state index contributed by atoms with van der Waals surface area (Å²) >= 11 is 0. The molecule has 0 aromatic carbocycles. The Labute approximate surface area is 157 Å². The molecular weight excluding hydrogens is 326 g/mol. The van der Waals surface area contributed by atoms with Crippen LogP contribution in [-0.4, -0.2) is 36.9 Å². The Hall–Kier alpha value is -1.39. The number of hydrogen-bond acceptors (Lipinski definition) is 4. The molecule has 0 aromatic rings. The van der Waals surface area contributed by atoms with Crippen LogP contribution in [0.3, 0.4) is 0 Å². The maximum Gasteiger partial charge on any atom is 0.188 e. The van der Waals surface area contributed by atoms with Gasteiger partial charge in [-0.1, -0.05) is 30.9 Å². The zero-order chi connectivity index (χ0) is 18.5. The average molecular weight is 360 g/mol. The summed E-state index contributed by atoms with van der Waals surface area (Å²) in [5.41, 5.74) is 5.05. The maximum absolute atomic E-state index is 9.93. The summed E-state index contributed by atoms with van der Waals surface area (Å²) < 4.78 is 11.0. The van der Waals surface area contributed by atoms with Gasteiger partial charge in [0.2, 0.25) is 0 Å². The molecule has 1 aliphatic heterocycles. The SMILES string of the molecule is COCOC1=CCC(CC2=C(C)CC(O)C=C2C)N=C1C1CCCCC1. The molecule has 1 fully saturated rings. The summed E-state index contributed by atoms with van der Waals surface area (Å²) in [5, 5.41) is 9.93. The van der Waals surface area contributed by atoms with Crippen molar-refractivity contribution in [3.05, 3.63) is 34.6 Å². The first-order valence-electron chi connectivity index (χ1n) is 10.0. The van der Waals surface area contributed by atoms with E-state index in [1.165, 1.54) is 48.8 Å². The van der Waals surface area contributed by atoms with Crippen LogP contribution in [0.15, 0.2) is 39.6 Å². The summed E-state index contributed by atoms with van der Waals surface area (Å²) in [7, 11) is 1.66. The van der Waals surface area contributed by atoms with Gasteiger partial charge in [0.15, 0.2) is 6.79 Å². The number of hydrogen-bond donors (Lipinski definition) is 1. The molecule has 0 spiro atoms. The highest BCUT2D eigenvalue weighted by Crippen LogP contribution is 2.34. The van der Waals surface area contributed by atoms with E-state index < -0.39 is 0 Å². The van der Waals surface area contributed by atoms with Crippen molar-refractivity contribution in [1.29, 1.82) is 0 Å². The topological polar surface area (TPSA) is 51.0 Å². The molecule has 4 nitrogen and oxygen atoms in total. The molecule has 2 aliphatic carbocycles. The Balaban J connectivity index is 1.76. The number of aliphatic hydroxyl groups is 1. The summed E-state index contributed by atoms with van der Waals surface area (Å²) in [5.74, 6) is 1.46. The zero-order valence-corrected chi connectivity index (χ0v) is 16.5. The molecule has 26 heavy (non-hydrogen) atoms. The Morgan fingerprint density at radius 1 is 1.19 bits per heavy atom. The quantitative estimate of drug-likeness (QED) is 0.699. The van der Waals surface area contributed by atoms with E-state index in [0.717, 1.165) is 30.7 Å². The van der Waals surface area contributed by atoms with Crippen molar-refractivity contribution in [3.63, 3.8) is 0 Å².